The number of carbonyl (C=O) groups excluding carboxylic acids is 3. The average Bonchev–Trinajstić information content (AvgIpc) is 2.99. The molecule has 0 saturated carbocycles. The second-order valence-electron chi connectivity index (χ2n) is 6.37. The largest absolute Gasteiger partial charge is 0.495 e. The molecule has 0 spiro atoms. The predicted octanol–water partition coefficient (Wildman–Crippen LogP) is 0.201. The zero-order chi connectivity index (χ0) is 19.8. The van der Waals surface area contributed by atoms with Crippen molar-refractivity contribution in [3.63, 3.8) is 0 Å². The van der Waals surface area contributed by atoms with Crippen molar-refractivity contribution in [1.82, 2.24) is 9.21 Å². The molecule has 2 saturated heterocycles. The first kappa shape index (κ1) is 19.3. The molecular formula is C17H21N3O6S. The maximum Gasteiger partial charge on any atom is 0.246 e. The molecule has 0 aliphatic carbocycles. The molecule has 0 unspecified atom stereocenters. The number of nitrogens with zero attached hydrogens (tertiary/aromatic N) is 3. The molecule has 2 aliphatic rings. The van der Waals surface area contributed by atoms with E-state index in [2.05, 4.69) is 0 Å². The van der Waals surface area contributed by atoms with Gasteiger partial charge in [0.05, 0.1) is 12.8 Å². The van der Waals surface area contributed by atoms with E-state index in [1.807, 2.05) is 0 Å². The number of rotatable bonds is 4. The van der Waals surface area contributed by atoms with E-state index in [0.29, 0.717) is 13.1 Å². The van der Waals surface area contributed by atoms with Crippen molar-refractivity contribution < 1.29 is 27.5 Å². The van der Waals surface area contributed by atoms with Gasteiger partial charge in [0.1, 0.15) is 10.6 Å². The van der Waals surface area contributed by atoms with Gasteiger partial charge in [0.15, 0.2) is 0 Å². The highest BCUT2D eigenvalue weighted by Gasteiger charge is 2.35. The van der Waals surface area contributed by atoms with E-state index in [4.69, 9.17) is 4.74 Å². The Morgan fingerprint density at radius 2 is 1.63 bits per heavy atom. The fourth-order valence-electron chi connectivity index (χ4n) is 3.25. The number of hydrogen-bond donors (Lipinski definition) is 0. The summed E-state index contributed by atoms with van der Waals surface area (Å²) < 4.78 is 32.7. The minimum atomic E-state index is -3.92. The lowest BCUT2D eigenvalue weighted by atomic mass is 10.2. The van der Waals surface area contributed by atoms with Crippen LogP contribution in [0.5, 0.6) is 5.75 Å². The van der Waals surface area contributed by atoms with E-state index >= 15 is 0 Å². The average molecular weight is 395 g/mol. The Labute approximate surface area is 157 Å². The molecule has 1 aromatic rings. The van der Waals surface area contributed by atoms with Crippen LogP contribution in [-0.4, -0.2) is 68.6 Å². The number of anilines is 1. The van der Waals surface area contributed by atoms with Gasteiger partial charge in [-0.25, -0.2) is 8.42 Å². The lowest BCUT2D eigenvalue weighted by Gasteiger charge is -2.33. The van der Waals surface area contributed by atoms with Crippen molar-refractivity contribution in [1.29, 1.82) is 0 Å². The molecule has 3 amide bonds. The topological polar surface area (TPSA) is 104 Å². The minimum Gasteiger partial charge on any atom is -0.495 e. The Morgan fingerprint density at radius 1 is 1.04 bits per heavy atom. The monoisotopic (exact) mass is 395 g/mol. The second kappa shape index (κ2) is 7.28. The maximum absolute atomic E-state index is 13.1. The van der Waals surface area contributed by atoms with Crippen molar-refractivity contribution in [3.8, 4) is 5.75 Å². The van der Waals surface area contributed by atoms with Crippen LogP contribution in [0.1, 0.15) is 19.8 Å². The van der Waals surface area contributed by atoms with Crippen LogP contribution in [0.4, 0.5) is 5.69 Å². The number of hydrogen-bond acceptors (Lipinski definition) is 6. The van der Waals surface area contributed by atoms with Gasteiger partial charge in [-0.15, -0.1) is 0 Å². The summed E-state index contributed by atoms with van der Waals surface area (Å²) >= 11 is 0. The number of carbonyl (C=O) groups is 3. The summed E-state index contributed by atoms with van der Waals surface area (Å²) in [7, 11) is -2.56. The normalized spacial score (nSPS) is 18.9. The molecular weight excluding hydrogens is 374 g/mol. The van der Waals surface area contributed by atoms with Crippen molar-refractivity contribution in [2.75, 3.05) is 38.2 Å². The van der Waals surface area contributed by atoms with E-state index in [0.717, 1.165) is 4.90 Å². The van der Waals surface area contributed by atoms with Crippen LogP contribution in [-0.2, 0) is 24.4 Å². The highest BCUT2D eigenvalue weighted by molar-refractivity contribution is 7.89. The summed E-state index contributed by atoms with van der Waals surface area (Å²) in [5.74, 6) is -0.684. The highest BCUT2D eigenvalue weighted by atomic mass is 32.2. The molecule has 0 aromatic heterocycles. The van der Waals surface area contributed by atoms with Crippen molar-refractivity contribution in [3.05, 3.63) is 18.2 Å². The third-order valence-corrected chi connectivity index (χ3v) is 6.68. The van der Waals surface area contributed by atoms with Gasteiger partial charge >= 0.3 is 0 Å². The maximum atomic E-state index is 13.1. The summed E-state index contributed by atoms with van der Waals surface area (Å²) in [6, 6.07) is 4.23. The fourth-order valence-corrected chi connectivity index (χ4v) is 4.85. The van der Waals surface area contributed by atoms with Crippen molar-refractivity contribution in [2.24, 2.45) is 0 Å². The molecule has 0 N–H and O–H groups in total. The van der Waals surface area contributed by atoms with Gasteiger partial charge in [-0.1, -0.05) is 0 Å². The third-order valence-electron chi connectivity index (χ3n) is 4.76. The Morgan fingerprint density at radius 3 is 2.15 bits per heavy atom. The zero-order valence-electron chi connectivity index (χ0n) is 15.2. The number of imide groups is 1. The number of sulfonamides is 1. The molecule has 146 valence electrons. The lowest BCUT2D eigenvalue weighted by Crippen LogP contribution is -2.50. The molecule has 2 fully saturated rings. The number of amides is 3. The van der Waals surface area contributed by atoms with E-state index < -0.39 is 10.0 Å². The number of methoxy groups -OCH3 is 1. The van der Waals surface area contributed by atoms with Gasteiger partial charge in [-0.2, -0.15) is 4.31 Å². The molecule has 2 heterocycles. The Kier molecular flexibility index (Phi) is 5.20. The van der Waals surface area contributed by atoms with E-state index in [-0.39, 0.29) is 60.0 Å². The molecule has 10 heteroatoms. The van der Waals surface area contributed by atoms with Crippen LogP contribution in [0.25, 0.3) is 0 Å². The van der Waals surface area contributed by atoms with Crippen molar-refractivity contribution in [2.45, 2.75) is 24.7 Å². The first-order valence-electron chi connectivity index (χ1n) is 8.55. The molecule has 3 rings (SSSR count). The van der Waals surface area contributed by atoms with Crippen LogP contribution >= 0.6 is 0 Å². The van der Waals surface area contributed by atoms with Crippen LogP contribution in [0.3, 0.4) is 0 Å². The molecule has 0 atom stereocenters. The number of benzene rings is 1. The molecule has 0 bridgehead atoms. The summed E-state index contributed by atoms with van der Waals surface area (Å²) in [5.41, 5.74) is 0.212. The molecule has 9 nitrogen and oxygen atoms in total. The quantitative estimate of drug-likeness (QED) is 0.675. The molecule has 0 radical (unpaired) electrons. The summed E-state index contributed by atoms with van der Waals surface area (Å²) in [5, 5.41) is 0. The number of ether oxygens (including phenoxy) is 1. The second-order valence-corrected chi connectivity index (χ2v) is 8.27. The van der Waals surface area contributed by atoms with E-state index in [9.17, 15) is 22.8 Å². The lowest BCUT2D eigenvalue weighted by molar-refractivity contribution is -0.130. The first-order chi connectivity index (χ1) is 12.8. The molecule has 1 aromatic carbocycles. The van der Waals surface area contributed by atoms with E-state index in [1.54, 1.807) is 4.90 Å². The van der Waals surface area contributed by atoms with Gasteiger partial charge in [0.2, 0.25) is 27.7 Å². The third kappa shape index (κ3) is 3.54. The summed E-state index contributed by atoms with van der Waals surface area (Å²) in [4.78, 5) is 37.9. The standard InChI is InChI=1S/C17H21N3O6S/c1-12(21)18-7-9-19(10-8-18)27(24,25)15-11-13(3-4-14(15)26-2)20-16(22)5-6-17(20)23/h3-4,11H,5-10H2,1-2H3. The van der Waals surface area contributed by atoms with E-state index in [1.165, 1.54) is 36.5 Å². The van der Waals surface area contributed by atoms with Crippen LogP contribution in [0, 0.1) is 0 Å². The van der Waals surface area contributed by atoms with Crippen LogP contribution in [0.15, 0.2) is 23.1 Å². The van der Waals surface area contributed by atoms with Gasteiger partial charge < -0.3 is 9.64 Å². The van der Waals surface area contributed by atoms with Gasteiger partial charge in [-0.3, -0.25) is 19.3 Å². The minimum absolute atomic E-state index is 0.0994. The Hall–Kier alpha value is -2.46. The first-order valence-corrected chi connectivity index (χ1v) is 9.99. The Balaban J connectivity index is 1.94. The zero-order valence-corrected chi connectivity index (χ0v) is 16.0. The van der Waals surface area contributed by atoms with Gasteiger partial charge in [-0.05, 0) is 18.2 Å². The van der Waals surface area contributed by atoms with Crippen LogP contribution < -0.4 is 9.64 Å². The predicted molar refractivity (Wildman–Crippen MR) is 95.7 cm³/mol. The summed E-state index contributed by atoms with van der Waals surface area (Å²) in [6.07, 6.45) is 0.222. The number of piperazine rings is 1. The van der Waals surface area contributed by atoms with Gasteiger partial charge in [0.25, 0.3) is 0 Å². The van der Waals surface area contributed by atoms with Gasteiger partial charge in [0, 0.05) is 45.9 Å². The highest BCUT2D eigenvalue weighted by Crippen LogP contribution is 2.33. The molecule has 27 heavy (non-hydrogen) atoms. The van der Waals surface area contributed by atoms with Crippen LogP contribution in [0.2, 0.25) is 0 Å². The molecule has 2 aliphatic heterocycles. The SMILES string of the molecule is COc1ccc(N2C(=O)CCC2=O)cc1S(=O)(=O)N1CCN(C(C)=O)CC1. The summed E-state index contributed by atoms with van der Waals surface area (Å²) in [6.45, 7) is 2.38. The van der Waals surface area contributed by atoms with Crippen molar-refractivity contribution >= 4 is 33.4 Å². The fraction of sp³-hybridized carbons (Fsp3) is 0.471. The Bertz CT molecular complexity index is 874. The smallest absolute Gasteiger partial charge is 0.246 e.